The standard InChI is InChI=1S/C16H23N3O5S/c1-24-15(20)10-18-25(22,23)13-6-3-5-12(8-13)19-16(21)14-7-2-4-11(14)9-17/h3,5-6,8,11,14,18H,2,4,7,9-10,17H2,1H3,(H,19,21)/t11-,14-/m1/s1. The second kappa shape index (κ2) is 8.41. The second-order valence-corrected chi connectivity index (χ2v) is 7.72. The number of carbonyl (C=O) groups excluding carboxylic acids is 2. The van der Waals surface area contributed by atoms with E-state index >= 15 is 0 Å². The van der Waals surface area contributed by atoms with Crippen LogP contribution in [0.4, 0.5) is 5.69 Å². The van der Waals surface area contributed by atoms with E-state index in [9.17, 15) is 18.0 Å². The largest absolute Gasteiger partial charge is 0.468 e. The summed E-state index contributed by atoms with van der Waals surface area (Å²) in [6.07, 6.45) is 2.68. The normalized spacial score (nSPS) is 20.2. The summed E-state index contributed by atoms with van der Waals surface area (Å²) >= 11 is 0. The van der Waals surface area contributed by atoms with Crippen LogP contribution < -0.4 is 15.8 Å². The Bertz CT molecular complexity index is 735. The van der Waals surface area contributed by atoms with Gasteiger partial charge in [-0.05, 0) is 43.5 Å². The number of carbonyl (C=O) groups is 2. The van der Waals surface area contributed by atoms with Gasteiger partial charge in [0.15, 0.2) is 0 Å². The molecule has 1 saturated carbocycles. The van der Waals surface area contributed by atoms with Crippen LogP contribution in [0.15, 0.2) is 29.2 Å². The first-order chi connectivity index (χ1) is 11.9. The number of hydrogen-bond acceptors (Lipinski definition) is 6. The number of benzene rings is 1. The Morgan fingerprint density at radius 2 is 2.08 bits per heavy atom. The molecule has 1 aliphatic rings. The van der Waals surface area contributed by atoms with Crippen molar-refractivity contribution in [1.29, 1.82) is 0 Å². The van der Waals surface area contributed by atoms with Crippen LogP contribution >= 0.6 is 0 Å². The lowest BCUT2D eigenvalue weighted by atomic mass is 9.95. The summed E-state index contributed by atoms with van der Waals surface area (Å²) in [4.78, 5) is 23.5. The molecule has 0 aromatic heterocycles. The maximum Gasteiger partial charge on any atom is 0.320 e. The van der Waals surface area contributed by atoms with Crippen molar-refractivity contribution in [1.82, 2.24) is 4.72 Å². The van der Waals surface area contributed by atoms with E-state index in [4.69, 9.17) is 5.73 Å². The predicted molar refractivity (Wildman–Crippen MR) is 92.2 cm³/mol. The van der Waals surface area contributed by atoms with E-state index in [-0.39, 0.29) is 22.6 Å². The van der Waals surface area contributed by atoms with Gasteiger partial charge in [0.2, 0.25) is 15.9 Å². The van der Waals surface area contributed by atoms with Gasteiger partial charge in [0.05, 0.1) is 12.0 Å². The van der Waals surface area contributed by atoms with Crippen molar-refractivity contribution in [2.45, 2.75) is 24.2 Å². The van der Waals surface area contributed by atoms with E-state index in [1.165, 1.54) is 25.3 Å². The molecule has 0 unspecified atom stereocenters. The third kappa shape index (κ3) is 5.00. The molecule has 1 fully saturated rings. The molecule has 25 heavy (non-hydrogen) atoms. The third-order valence-electron chi connectivity index (χ3n) is 4.34. The van der Waals surface area contributed by atoms with Gasteiger partial charge in [-0.15, -0.1) is 0 Å². The number of nitrogens with one attached hydrogen (secondary N) is 2. The molecule has 138 valence electrons. The number of hydrogen-bond donors (Lipinski definition) is 3. The highest BCUT2D eigenvalue weighted by molar-refractivity contribution is 7.89. The molecule has 2 rings (SSSR count). The lowest BCUT2D eigenvalue weighted by Crippen LogP contribution is -2.31. The SMILES string of the molecule is COC(=O)CNS(=O)(=O)c1cccc(NC(=O)[C@@H]2CCC[C@@H]2CN)c1. The van der Waals surface area contributed by atoms with Gasteiger partial charge < -0.3 is 15.8 Å². The molecule has 0 spiro atoms. The fraction of sp³-hybridized carbons (Fsp3) is 0.500. The Kier molecular flexibility index (Phi) is 6.51. The molecular formula is C16H23N3O5S. The first-order valence-electron chi connectivity index (χ1n) is 8.05. The van der Waals surface area contributed by atoms with Gasteiger partial charge in [0.1, 0.15) is 6.54 Å². The first kappa shape index (κ1) is 19.4. The minimum Gasteiger partial charge on any atom is -0.468 e. The second-order valence-electron chi connectivity index (χ2n) is 5.95. The maximum absolute atomic E-state index is 12.4. The van der Waals surface area contributed by atoms with Gasteiger partial charge in [-0.25, -0.2) is 8.42 Å². The molecule has 0 aliphatic heterocycles. The van der Waals surface area contributed by atoms with Crippen LogP contribution in [0.3, 0.4) is 0 Å². The Labute approximate surface area is 147 Å². The summed E-state index contributed by atoms with van der Waals surface area (Å²) in [6.45, 7) is -0.000369. The fourth-order valence-electron chi connectivity index (χ4n) is 2.95. The number of rotatable bonds is 7. The molecule has 0 saturated heterocycles. The van der Waals surface area contributed by atoms with E-state index in [1.54, 1.807) is 6.07 Å². The van der Waals surface area contributed by atoms with E-state index < -0.39 is 22.5 Å². The zero-order valence-corrected chi connectivity index (χ0v) is 14.8. The number of amides is 1. The van der Waals surface area contributed by atoms with Gasteiger partial charge >= 0.3 is 5.97 Å². The zero-order valence-electron chi connectivity index (χ0n) is 14.0. The van der Waals surface area contributed by atoms with Gasteiger partial charge in [0.25, 0.3) is 0 Å². The van der Waals surface area contributed by atoms with Gasteiger partial charge in [-0.1, -0.05) is 12.5 Å². The summed E-state index contributed by atoms with van der Waals surface area (Å²) in [5.41, 5.74) is 6.08. The highest BCUT2D eigenvalue weighted by atomic mass is 32.2. The minimum absolute atomic E-state index is 0.0454. The number of esters is 1. The predicted octanol–water partition coefficient (Wildman–Crippen LogP) is 0.451. The summed E-state index contributed by atoms with van der Waals surface area (Å²) in [7, 11) is -2.71. The Balaban J connectivity index is 2.08. The molecular weight excluding hydrogens is 346 g/mol. The average molecular weight is 369 g/mol. The quantitative estimate of drug-likeness (QED) is 0.599. The molecule has 2 atom stereocenters. The number of methoxy groups -OCH3 is 1. The lowest BCUT2D eigenvalue weighted by molar-refractivity contribution is -0.139. The topological polar surface area (TPSA) is 128 Å². The smallest absolute Gasteiger partial charge is 0.320 e. The minimum atomic E-state index is -3.88. The molecule has 1 aliphatic carbocycles. The molecule has 8 nitrogen and oxygen atoms in total. The van der Waals surface area contributed by atoms with Crippen LogP contribution in [0.2, 0.25) is 0 Å². The van der Waals surface area contributed by atoms with Crippen molar-refractivity contribution >= 4 is 27.6 Å². The lowest BCUT2D eigenvalue weighted by Gasteiger charge is -2.17. The summed E-state index contributed by atoms with van der Waals surface area (Å²) in [6, 6.07) is 5.87. The molecule has 0 bridgehead atoms. The van der Waals surface area contributed by atoms with Crippen molar-refractivity contribution in [2.75, 3.05) is 25.5 Å². The highest BCUT2D eigenvalue weighted by Gasteiger charge is 2.32. The third-order valence-corrected chi connectivity index (χ3v) is 5.74. The molecule has 1 aromatic rings. The van der Waals surface area contributed by atoms with Gasteiger partial charge in [-0.2, -0.15) is 4.72 Å². The number of sulfonamides is 1. The highest BCUT2D eigenvalue weighted by Crippen LogP contribution is 2.32. The molecule has 0 heterocycles. The van der Waals surface area contributed by atoms with Crippen molar-refractivity contribution in [3.63, 3.8) is 0 Å². The number of anilines is 1. The molecule has 0 radical (unpaired) electrons. The molecule has 4 N–H and O–H groups in total. The zero-order chi connectivity index (χ0) is 18.4. The Hall–Kier alpha value is -1.97. The van der Waals surface area contributed by atoms with Crippen molar-refractivity contribution in [3.05, 3.63) is 24.3 Å². The summed E-state index contributed by atoms with van der Waals surface area (Å²) < 4.78 is 30.9. The van der Waals surface area contributed by atoms with E-state index in [0.29, 0.717) is 12.2 Å². The first-order valence-corrected chi connectivity index (χ1v) is 9.53. The summed E-state index contributed by atoms with van der Waals surface area (Å²) in [5, 5.41) is 2.76. The molecule has 1 aromatic carbocycles. The van der Waals surface area contributed by atoms with Crippen LogP contribution in [0.1, 0.15) is 19.3 Å². The van der Waals surface area contributed by atoms with E-state index in [1.807, 2.05) is 0 Å². The number of nitrogens with two attached hydrogens (primary N) is 1. The molecule has 9 heteroatoms. The molecule has 1 amide bonds. The van der Waals surface area contributed by atoms with E-state index in [2.05, 4.69) is 14.8 Å². The monoisotopic (exact) mass is 369 g/mol. The van der Waals surface area contributed by atoms with Crippen LogP contribution in [-0.4, -0.2) is 40.5 Å². The van der Waals surface area contributed by atoms with Crippen molar-refractivity contribution in [3.8, 4) is 0 Å². The average Bonchev–Trinajstić information content (AvgIpc) is 3.09. The summed E-state index contributed by atoms with van der Waals surface area (Å²) in [5.74, 6) is -0.830. The van der Waals surface area contributed by atoms with Crippen LogP contribution in [0.25, 0.3) is 0 Å². The van der Waals surface area contributed by atoms with Crippen molar-refractivity contribution < 1.29 is 22.7 Å². The maximum atomic E-state index is 12.4. The van der Waals surface area contributed by atoms with E-state index in [0.717, 1.165) is 19.3 Å². The Morgan fingerprint density at radius 3 is 2.76 bits per heavy atom. The van der Waals surface area contributed by atoms with Gasteiger partial charge in [0, 0.05) is 11.6 Å². The number of ether oxygens (including phenoxy) is 1. The van der Waals surface area contributed by atoms with Crippen molar-refractivity contribution in [2.24, 2.45) is 17.6 Å². The van der Waals surface area contributed by atoms with Crippen LogP contribution in [0, 0.1) is 11.8 Å². The Morgan fingerprint density at radius 1 is 1.32 bits per heavy atom. The fourth-order valence-corrected chi connectivity index (χ4v) is 3.96. The van der Waals surface area contributed by atoms with Gasteiger partial charge in [-0.3, -0.25) is 9.59 Å². The van der Waals surface area contributed by atoms with Crippen LogP contribution in [0.5, 0.6) is 0 Å². The van der Waals surface area contributed by atoms with Crippen LogP contribution in [-0.2, 0) is 24.3 Å².